The summed E-state index contributed by atoms with van der Waals surface area (Å²) >= 11 is 5.53. The van der Waals surface area contributed by atoms with Crippen LogP contribution in [0.25, 0.3) is 0 Å². The van der Waals surface area contributed by atoms with E-state index in [9.17, 15) is 9.18 Å². The van der Waals surface area contributed by atoms with E-state index in [-0.39, 0.29) is 17.8 Å². The molecule has 1 aromatic rings. The van der Waals surface area contributed by atoms with Crippen molar-refractivity contribution in [2.24, 2.45) is 0 Å². The number of benzene rings is 1. The number of carbonyl (C=O) groups excluding carboxylic acids is 1. The zero-order valence-corrected chi connectivity index (χ0v) is 14.7. The van der Waals surface area contributed by atoms with Gasteiger partial charge in [0.2, 0.25) is 0 Å². The molecule has 130 valence electrons. The molecule has 2 fully saturated rings. The molecule has 2 atom stereocenters. The third-order valence-electron chi connectivity index (χ3n) is 4.98. The van der Waals surface area contributed by atoms with Gasteiger partial charge in [0.1, 0.15) is 5.82 Å². The second-order valence-corrected chi connectivity index (χ2v) is 7.02. The predicted molar refractivity (Wildman–Crippen MR) is 96.4 cm³/mol. The van der Waals surface area contributed by atoms with Crippen molar-refractivity contribution >= 4 is 23.2 Å². The van der Waals surface area contributed by atoms with Crippen LogP contribution in [0.1, 0.15) is 49.4 Å². The second-order valence-electron chi connectivity index (χ2n) is 6.63. The minimum Gasteiger partial charge on any atom is -0.363 e. The highest BCUT2D eigenvalue weighted by Crippen LogP contribution is 2.34. The van der Waals surface area contributed by atoms with Gasteiger partial charge < -0.3 is 15.5 Å². The highest BCUT2D eigenvalue weighted by Gasteiger charge is 2.39. The summed E-state index contributed by atoms with van der Waals surface area (Å²) in [6, 6.07) is 6.63. The Morgan fingerprint density at radius 1 is 1.25 bits per heavy atom. The van der Waals surface area contributed by atoms with Crippen molar-refractivity contribution in [2.45, 2.75) is 57.2 Å². The van der Waals surface area contributed by atoms with E-state index in [1.165, 1.54) is 30.7 Å². The molecule has 0 radical (unpaired) electrons. The lowest BCUT2D eigenvalue weighted by Gasteiger charge is -2.50. The highest BCUT2D eigenvalue weighted by atomic mass is 32.1. The average Bonchev–Trinajstić information content (AvgIpc) is 2.54. The largest absolute Gasteiger partial charge is 0.363 e. The first-order valence-corrected chi connectivity index (χ1v) is 9.12. The molecular formula is C18H24FN3OS. The Bertz CT molecular complexity index is 593. The first-order valence-electron chi connectivity index (χ1n) is 8.71. The number of nitrogens with zero attached hydrogens (tertiary/aromatic N) is 1. The normalized spacial score (nSPS) is 25.9. The maximum absolute atomic E-state index is 13.0. The molecule has 0 spiro atoms. The SMILES string of the molecule is CCNC(=S)N1C2CCCC1CC(NC(=O)c1ccc(F)cc1)C2. The van der Waals surface area contributed by atoms with E-state index in [0.717, 1.165) is 37.3 Å². The van der Waals surface area contributed by atoms with Gasteiger partial charge in [-0.25, -0.2) is 4.39 Å². The van der Waals surface area contributed by atoms with Gasteiger partial charge >= 0.3 is 0 Å². The van der Waals surface area contributed by atoms with E-state index >= 15 is 0 Å². The van der Waals surface area contributed by atoms with Gasteiger partial charge in [0, 0.05) is 30.2 Å². The summed E-state index contributed by atoms with van der Waals surface area (Å²) in [5.74, 6) is -0.452. The standard InChI is InChI=1S/C18H24FN3OS/c1-2-20-18(24)22-15-4-3-5-16(22)11-14(10-15)21-17(23)12-6-8-13(19)9-7-12/h6-9,14-16H,2-5,10-11H2,1H3,(H,20,24)(H,21,23). The Morgan fingerprint density at radius 3 is 2.46 bits per heavy atom. The molecule has 1 aromatic carbocycles. The summed E-state index contributed by atoms with van der Waals surface area (Å²) in [7, 11) is 0. The molecule has 4 nitrogen and oxygen atoms in total. The van der Waals surface area contributed by atoms with E-state index < -0.39 is 0 Å². The number of fused-ring (bicyclic) bond motifs is 2. The van der Waals surface area contributed by atoms with Crippen molar-refractivity contribution in [3.63, 3.8) is 0 Å². The topological polar surface area (TPSA) is 44.4 Å². The Kier molecular flexibility index (Phi) is 5.33. The fourth-order valence-electron chi connectivity index (χ4n) is 3.94. The number of hydrogen-bond donors (Lipinski definition) is 2. The molecule has 2 aliphatic rings. The lowest BCUT2D eigenvalue weighted by Crippen LogP contribution is -2.60. The number of hydrogen-bond acceptors (Lipinski definition) is 2. The Hall–Kier alpha value is -1.69. The summed E-state index contributed by atoms with van der Waals surface area (Å²) in [4.78, 5) is 14.7. The van der Waals surface area contributed by atoms with Gasteiger partial charge in [0.05, 0.1) is 0 Å². The van der Waals surface area contributed by atoms with Crippen molar-refractivity contribution in [3.8, 4) is 0 Å². The van der Waals surface area contributed by atoms with Crippen LogP contribution < -0.4 is 10.6 Å². The molecule has 6 heteroatoms. The molecule has 2 N–H and O–H groups in total. The number of rotatable bonds is 3. The smallest absolute Gasteiger partial charge is 0.251 e. The molecule has 0 aromatic heterocycles. The van der Waals surface area contributed by atoms with Crippen molar-refractivity contribution < 1.29 is 9.18 Å². The number of amides is 1. The number of nitrogens with one attached hydrogen (secondary N) is 2. The highest BCUT2D eigenvalue weighted by molar-refractivity contribution is 7.80. The van der Waals surface area contributed by atoms with E-state index in [1.54, 1.807) is 0 Å². The number of halogens is 1. The van der Waals surface area contributed by atoms with Crippen LogP contribution >= 0.6 is 12.2 Å². The van der Waals surface area contributed by atoms with Gasteiger partial charge in [-0.05, 0) is 75.5 Å². The molecule has 24 heavy (non-hydrogen) atoms. The second kappa shape index (κ2) is 7.47. The van der Waals surface area contributed by atoms with E-state index in [0.29, 0.717) is 17.6 Å². The summed E-state index contributed by atoms with van der Waals surface area (Å²) in [6.45, 7) is 2.89. The zero-order chi connectivity index (χ0) is 17.1. The molecule has 1 amide bonds. The monoisotopic (exact) mass is 349 g/mol. The van der Waals surface area contributed by atoms with Crippen molar-refractivity contribution in [1.82, 2.24) is 15.5 Å². The van der Waals surface area contributed by atoms with E-state index in [1.807, 2.05) is 0 Å². The van der Waals surface area contributed by atoms with Crippen molar-refractivity contribution in [3.05, 3.63) is 35.6 Å². The maximum Gasteiger partial charge on any atom is 0.251 e. The molecule has 3 rings (SSSR count). The Balaban J connectivity index is 1.64. The molecular weight excluding hydrogens is 325 g/mol. The average molecular weight is 349 g/mol. The molecule has 0 aliphatic carbocycles. The number of carbonyl (C=O) groups is 1. The fourth-order valence-corrected chi connectivity index (χ4v) is 4.39. The number of thiocarbonyl (C=S) groups is 1. The predicted octanol–water partition coefficient (Wildman–Crippen LogP) is 2.84. The quantitative estimate of drug-likeness (QED) is 0.824. The van der Waals surface area contributed by atoms with Crippen LogP contribution in [0.15, 0.2) is 24.3 Å². The lowest BCUT2D eigenvalue weighted by molar-refractivity contribution is 0.0741. The lowest BCUT2D eigenvalue weighted by atomic mass is 9.82. The van der Waals surface area contributed by atoms with Crippen LogP contribution in [0, 0.1) is 5.82 Å². The third kappa shape index (κ3) is 3.69. The maximum atomic E-state index is 13.0. The van der Waals surface area contributed by atoms with Gasteiger partial charge in [-0.1, -0.05) is 0 Å². The summed E-state index contributed by atoms with van der Waals surface area (Å²) in [5.41, 5.74) is 0.507. The fraction of sp³-hybridized carbons (Fsp3) is 0.556. The first-order chi connectivity index (χ1) is 11.6. The van der Waals surface area contributed by atoms with Crippen LogP contribution in [-0.2, 0) is 0 Å². The van der Waals surface area contributed by atoms with Gasteiger partial charge in [0.15, 0.2) is 5.11 Å². The molecule has 2 heterocycles. The van der Waals surface area contributed by atoms with Gasteiger partial charge in [-0.15, -0.1) is 0 Å². The van der Waals surface area contributed by atoms with Gasteiger partial charge in [0.25, 0.3) is 5.91 Å². The van der Waals surface area contributed by atoms with E-state index in [4.69, 9.17) is 12.2 Å². The first kappa shape index (κ1) is 17.1. The third-order valence-corrected chi connectivity index (χ3v) is 5.33. The Morgan fingerprint density at radius 2 is 1.88 bits per heavy atom. The molecule has 2 aliphatic heterocycles. The molecule has 2 unspecified atom stereocenters. The number of piperidine rings is 2. The summed E-state index contributed by atoms with van der Waals surface area (Å²) in [6.07, 6.45) is 5.28. The van der Waals surface area contributed by atoms with Crippen LogP contribution in [0.2, 0.25) is 0 Å². The minimum atomic E-state index is -0.327. The minimum absolute atomic E-state index is 0.124. The molecule has 2 saturated heterocycles. The van der Waals surface area contributed by atoms with Crippen LogP contribution in [0.5, 0.6) is 0 Å². The summed E-state index contributed by atoms with van der Waals surface area (Å²) in [5, 5.41) is 7.23. The van der Waals surface area contributed by atoms with Crippen LogP contribution in [0.3, 0.4) is 0 Å². The molecule has 0 saturated carbocycles. The van der Waals surface area contributed by atoms with Gasteiger partial charge in [-0.3, -0.25) is 4.79 Å². The van der Waals surface area contributed by atoms with Crippen LogP contribution in [-0.4, -0.2) is 40.6 Å². The van der Waals surface area contributed by atoms with Crippen molar-refractivity contribution in [1.29, 1.82) is 0 Å². The zero-order valence-electron chi connectivity index (χ0n) is 13.9. The van der Waals surface area contributed by atoms with Crippen LogP contribution in [0.4, 0.5) is 4.39 Å². The Labute approximate surface area is 147 Å². The summed E-state index contributed by atoms with van der Waals surface area (Å²) < 4.78 is 13.0. The van der Waals surface area contributed by atoms with E-state index in [2.05, 4.69) is 22.5 Å². The molecule has 2 bridgehead atoms. The van der Waals surface area contributed by atoms with Crippen molar-refractivity contribution in [2.75, 3.05) is 6.54 Å². The van der Waals surface area contributed by atoms with Gasteiger partial charge in [-0.2, -0.15) is 0 Å².